The maximum absolute atomic E-state index is 13.2. The summed E-state index contributed by atoms with van der Waals surface area (Å²) < 4.78 is 0. The summed E-state index contributed by atoms with van der Waals surface area (Å²) in [6, 6.07) is 16.0. The summed E-state index contributed by atoms with van der Waals surface area (Å²) in [5.41, 5.74) is 3.70. The van der Waals surface area contributed by atoms with Crippen molar-refractivity contribution in [3.05, 3.63) is 54.2 Å². The molecule has 1 aromatic heterocycles. The van der Waals surface area contributed by atoms with Crippen LogP contribution in [0.3, 0.4) is 0 Å². The molecule has 3 heterocycles. The van der Waals surface area contributed by atoms with Crippen LogP contribution in [0.4, 0.5) is 0 Å². The molecule has 1 saturated carbocycles. The van der Waals surface area contributed by atoms with Crippen LogP contribution in [0.2, 0.25) is 0 Å². The molecule has 0 radical (unpaired) electrons. The number of likely N-dealkylation sites (tertiary alicyclic amines) is 1. The monoisotopic (exact) mass is 471 g/mol. The molecule has 1 spiro atoms. The molecule has 2 aromatic carbocycles. The first-order chi connectivity index (χ1) is 17.0. The van der Waals surface area contributed by atoms with E-state index in [1.807, 2.05) is 41.3 Å². The van der Waals surface area contributed by atoms with Gasteiger partial charge in [-0.25, -0.2) is 0 Å². The zero-order valence-electron chi connectivity index (χ0n) is 19.5. The van der Waals surface area contributed by atoms with Crippen LogP contribution in [-0.4, -0.2) is 58.0 Å². The quantitative estimate of drug-likeness (QED) is 0.544. The summed E-state index contributed by atoms with van der Waals surface area (Å²) in [7, 11) is 0. The lowest BCUT2D eigenvalue weighted by molar-refractivity contribution is -0.126. The van der Waals surface area contributed by atoms with Gasteiger partial charge in [0.1, 0.15) is 6.04 Å². The molecular weight excluding hydrogens is 442 g/mol. The zero-order chi connectivity index (χ0) is 24.0. The number of hydrogen-bond donors (Lipinski definition) is 3. The van der Waals surface area contributed by atoms with Crippen molar-refractivity contribution in [2.75, 3.05) is 13.1 Å². The number of amides is 3. The Balaban J connectivity index is 1.05. The smallest absolute Gasteiger partial charge is 0.275 e. The first-order valence-corrected chi connectivity index (χ1v) is 12.4. The van der Waals surface area contributed by atoms with Crippen molar-refractivity contribution >= 4 is 28.6 Å². The molecule has 180 valence electrons. The molecule has 3 amide bonds. The van der Waals surface area contributed by atoms with Crippen LogP contribution in [0.1, 0.15) is 49.0 Å². The molecule has 2 saturated heterocycles. The second kappa shape index (κ2) is 8.52. The van der Waals surface area contributed by atoms with E-state index in [0.717, 1.165) is 60.8 Å². The van der Waals surface area contributed by atoms with E-state index in [1.54, 1.807) is 0 Å². The van der Waals surface area contributed by atoms with Gasteiger partial charge in [-0.05, 0) is 55.4 Å². The second-order valence-corrected chi connectivity index (χ2v) is 10.3. The number of rotatable bonds is 4. The van der Waals surface area contributed by atoms with Crippen molar-refractivity contribution in [1.82, 2.24) is 25.7 Å². The van der Waals surface area contributed by atoms with E-state index in [1.165, 1.54) is 0 Å². The van der Waals surface area contributed by atoms with Crippen molar-refractivity contribution in [3.63, 3.8) is 0 Å². The fourth-order valence-corrected chi connectivity index (χ4v) is 5.85. The number of aromatic amines is 1. The Morgan fingerprint density at radius 1 is 1.00 bits per heavy atom. The first-order valence-electron chi connectivity index (χ1n) is 12.4. The summed E-state index contributed by atoms with van der Waals surface area (Å²) in [6.45, 7) is 1.48. The number of hydrogen-bond acceptors (Lipinski definition) is 4. The summed E-state index contributed by atoms with van der Waals surface area (Å²) >= 11 is 0. The van der Waals surface area contributed by atoms with Crippen LogP contribution < -0.4 is 10.6 Å². The minimum Gasteiger partial charge on any atom is -0.352 e. The molecule has 3 fully saturated rings. The number of aromatic nitrogens is 2. The van der Waals surface area contributed by atoms with Gasteiger partial charge in [-0.2, -0.15) is 5.10 Å². The van der Waals surface area contributed by atoms with Crippen LogP contribution in [0.5, 0.6) is 0 Å². The standard InChI is InChI=1S/C27H29N5O3/c33-23-9-8-21(29-23)25(34)28-19-10-12-27(13-11-19)15-32(16-27)26(35)24-20-7-6-18(14-22(20)30-31-24)17-4-2-1-3-5-17/h1-7,14,19,21H,8-13,15-16H2,(H,28,34)(H,29,33)(H,30,31)/t21-/m0/s1. The average Bonchev–Trinajstić information content (AvgIpc) is 3.49. The third-order valence-corrected chi connectivity index (χ3v) is 7.92. The third kappa shape index (κ3) is 4.07. The first kappa shape index (κ1) is 21.8. The molecule has 8 nitrogen and oxygen atoms in total. The molecule has 3 aromatic rings. The van der Waals surface area contributed by atoms with Gasteiger partial charge in [0, 0.05) is 36.4 Å². The highest BCUT2D eigenvalue weighted by atomic mass is 16.2. The Morgan fingerprint density at radius 2 is 1.77 bits per heavy atom. The van der Waals surface area contributed by atoms with Crippen molar-refractivity contribution in [3.8, 4) is 11.1 Å². The van der Waals surface area contributed by atoms with Crippen molar-refractivity contribution in [2.24, 2.45) is 5.41 Å². The Kier molecular flexibility index (Phi) is 5.31. The summed E-state index contributed by atoms with van der Waals surface area (Å²) in [5.74, 6) is -0.141. The average molecular weight is 472 g/mol. The SMILES string of the molecule is O=C1CC[C@@H](C(=O)NC2CCC3(CC2)CN(C(=O)c2n[nH]c4cc(-c5ccccc5)ccc24)C3)N1. The molecule has 0 unspecified atom stereocenters. The van der Waals surface area contributed by atoms with Gasteiger partial charge in [-0.1, -0.05) is 36.4 Å². The fraction of sp³-hybridized carbons (Fsp3) is 0.407. The molecule has 2 aliphatic heterocycles. The molecule has 3 aliphatic rings. The number of nitrogens with one attached hydrogen (secondary N) is 3. The van der Waals surface area contributed by atoms with Gasteiger partial charge in [-0.3, -0.25) is 19.5 Å². The Morgan fingerprint density at radius 3 is 2.49 bits per heavy atom. The van der Waals surface area contributed by atoms with Crippen molar-refractivity contribution in [1.29, 1.82) is 0 Å². The van der Waals surface area contributed by atoms with E-state index in [4.69, 9.17) is 0 Å². The highest BCUT2D eigenvalue weighted by molar-refractivity contribution is 6.05. The van der Waals surface area contributed by atoms with Gasteiger partial charge < -0.3 is 15.5 Å². The highest BCUT2D eigenvalue weighted by Crippen LogP contribution is 2.44. The predicted molar refractivity (Wildman–Crippen MR) is 131 cm³/mol. The highest BCUT2D eigenvalue weighted by Gasteiger charge is 2.47. The molecule has 0 bridgehead atoms. The van der Waals surface area contributed by atoms with E-state index in [0.29, 0.717) is 18.5 Å². The van der Waals surface area contributed by atoms with E-state index < -0.39 is 0 Å². The van der Waals surface area contributed by atoms with Crippen LogP contribution in [0.15, 0.2) is 48.5 Å². The van der Waals surface area contributed by atoms with Gasteiger partial charge >= 0.3 is 0 Å². The van der Waals surface area contributed by atoms with Gasteiger partial charge in [0.15, 0.2) is 5.69 Å². The third-order valence-electron chi connectivity index (χ3n) is 7.92. The van der Waals surface area contributed by atoms with Gasteiger partial charge in [0.05, 0.1) is 5.52 Å². The number of H-pyrrole nitrogens is 1. The van der Waals surface area contributed by atoms with E-state index in [2.05, 4.69) is 33.0 Å². The molecule has 8 heteroatoms. The lowest BCUT2D eigenvalue weighted by atomic mass is 9.67. The van der Waals surface area contributed by atoms with E-state index in [-0.39, 0.29) is 35.2 Å². The molecule has 3 N–H and O–H groups in total. The van der Waals surface area contributed by atoms with Crippen LogP contribution in [0, 0.1) is 5.41 Å². The zero-order valence-corrected chi connectivity index (χ0v) is 19.5. The molecule has 6 rings (SSSR count). The summed E-state index contributed by atoms with van der Waals surface area (Å²) in [5, 5.41) is 14.1. The Labute approximate surface area is 203 Å². The second-order valence-electron chi connectivity index (χ2n) is 10.3. The Hall–Kier alpha value is -3.68. The molecule has 35 heavy (non-hydrogen) atoms. The summed E-state index contributed by atoms with van der Waals surface area (Å²) in [4.78, 5) is 38.9. The lowest BCUT2D eigenvalue weighted by Crippen LogP contribution is -2.61. The number of fused-ring (bicyclic) bond motifs is 1. The molecule has 1 atom stereocenters. The van der Waals surface area contributed by atoms with Gasteiger partial charge in [0.2, 0.25) is 11.8 Å². The maximum Gasteiger partial charge on any atom is 0.275 e. The van der Waals surface area contributed by atoms with E-state index in [9.17, 15) is 14.4 Å². The van der Waals surface area contributed by atoms with Gasteiger partial charge in [-0.15, -0.1) is 0 Å². The van der Waals surface area contributed by atoms with Gasteiger partial charge in [0.25, 0.3) is 5.91 Å². The van der Waals surface area contributed by atoms with E-state index >= 15 is 0 Å². The van der Waals surface area contributed by atoms with Crippen LogP contribution >= 0.6 is 0 Å². The number of nitrogens with zero attached hydrogens (tertiary/aromatic N) is 2. The minimum atomic E-state index is -0.386. The van der Waals surface area contributed by atoms with Crippen LogP contribution in [-0.2, 0) is 9.59 Å². The maximum atomic E-state index is 13.2. The number of carbonyl (C=O) groups excluding carboxylic acids is 3. The van der Waals surface area contributed by atoms with Crippen LogP contribution in [0.25, 0.3) is 22.0 Å². The van der Waals surface area contributed by atoms with Crippen molar-refractivity contribution < 1.29 is 14.4 Å². The molecular formula is C27H29N5O3. The minimum absolute atomic E-state index is 0.0262. The fourth-order valence-electron chi connectivity index (χ4n) is 5.85. The number of benzene rings is 2. The predicted octanol–water partition coefficient (Wildman–Crippen LogP) is 3.01. The number of carbonyl (C=O) groups is 3. The summed E-state index contributed by atoms with van der Waals surface area (Å²) in [6.07, 6.45) is 4.79. The largest absolute Gasteiger partial charge is 0.352 e. The van der Waals surface area contributed by atoms with Crippen molar-refractivity contribution in [2.45, 2.75) is 50.6 Å². The Bertz CT molecular complexity index is 1280. The lowest BCUT2D eigenvalue weighted by Gasteiger charge is -2.53. The topological polar surface area (TPSA) is 107 Å². The molecule has 1 aliphatic carbocycles. The normalized spacial score (nSPS) is 21.7.